The van der Waals surface area contributed by atoms with Crippen LogP contribution in [0.2, 0.25) is 0 Å². The maximum absolute atomic E-state index is 13.3. The fourth-order valence-corrected chi connectivity index (χ4v) is 1.35. The van der Waals surface area contributed by atoms with Crippen molar-refractivity contribution in [3.05, 3.63) is 34.1 Å². The van der Waals surface area contributed by atoms with Gasteiger partial charge in [-0.3, -0.25) is 10.2 Å². The molecule has 0 radical (unpaired) electrons. The van der Waals surface area contributed by atoms with Crippen molar-refractivity contribution in [3.8, 4) is 0 Å². The second-order valence-electron chi connectivity index (χ2n) is 2.92. The van der Waals surface area contributed by atoms with Gasteiger partial charge < -0.3 is 4.74 Å². The number of benzene rings is 1. The van der Waals surface area contributed by atoms with E-state index >= 15 is 0 Å². The molecule has 5 nitrogen and oxygen atoms in total. The highest BCUT2D eigenvalue weighted by molar-refractivity contribution is 9.10. The van der Waals surface area contributed by atoms with Crippen molar-refractivity contribution in [2.24, 2.45) is 0 Å². The number of hydrogen-bond donors (Lipinski definition) is 2. The third kappa shape index (κ3) is 4.03. The molecule has 17 heavy (non-hydrogen) atoms. The second-order valence-corrected chi connectivity index (χ2v) is 3.84. The lowest BCUT2D eigenvalue weighted by Gasteiger charge is -2.07. The van der Waals surface area contributed by atoms with Crippen LogP contribution >= 0.6 is 15.9 Å². The minimum atomic E-state index is -0.807. The summed E-state index contributed by atoms with van der Waals surface area (Å²) >= 11 is 3.07. The molecule has 0 spiro atoms. The first-order valence-electron chi connectivity index (χ1n) is 4.72. The first kappa shape index (κ1) is 13.4. The lowest BCUT2D eigenvalue weighted by Crippen LogP contribution is -2.42. The van der Waals surface area contributed by atoms with E-state index in [2.05, 4.69) is 20.7 Å². The van der Waals surface area contributed by atoms with E-state index in [-0.39, 0.29) is 12.2 Å². The molecule has 1 aromatic rings. The third-order valence-electron chi connectivity index (χ3n) is 1.73. The first-order valence-corrected chi connectivity index (χ1v) is 5.52. The Morgan fingerprint density at radius 2 is 2.12 bits per heavy atom. The highest BCUT2D eigenvalue weighted by atomic mass is 79.9. The lowest BCUT2D eigenvalue weighted by molar-refractivity contribution is 0.0908. The van der Waals surface area contributed by atoms with Gasteiger partial charge >= 0.3 is 6.09 Å². The molecule has 0 aliphatic heterocycles. The molecule has 2 N–H and O–H groups in total. The largest absolute Gasteiger partial charge is 0.449 e. The van der Waals surface area contributed by atoms with E-state index < -0.39 is 17.8 Å². The zero-order valence-electron chi connectivity index (χ0n) is 8.92. The van der Waals surface area contributed by atoms with Gasteiger partial charge in [0.25, 0.3) is 5.91 Å². The highest BCUT2D eigenvalue weighted by Gasteiger charge is 2.12. The molecule has 0 aliphatic rings. The molecule has 1 rings (SSSR count). The quantitative estimate of drug-likeness (QED) is 0.821. The zero-order valence-corrected chi connectivity index (χ0v) is 10.5. The van der Waals surface area contributed by atoms with E-state index in [1.165, 1.54) is 12.1 Å². The van der Waals surface area contributed by atoms with E-state index in [0.29, 0.717) is 4.47 Å². The molecule has 0 atom stereocenters. The van der Waals surface area contributed by atoms with E-state index in [4.69, 9.17) is 0 Å². The van der Waals surface area contributed by atoms with Crippen LogP contribution in [0, 0.1) is 5.82 Å². The summed E-state index contributed by atoms with van der Waals surface area (Å²) in [6.45, 7) is 1.80. The van der Waals surface area contributed by atoms with Gasteiger partial charge in [0.15, 0.2) is 0 Å². The molecule has 92 valence electrons. The van der Waals surface area contributed by atoms with Crippen LogP contribution in [0.4, 0.5) is 9.18 Å². The van der Waals surface area contributed by atoms with Crippen LogP contribution in [-0.4, -0.2) is 18.6 Å². The molecular formula is C10H10BrFN2O3. The maximum Gasteiger partial charge on any atom is 0.426 e. The summed E-state index contributed by atoms with van der Waals surface area (Å²) in [6.07, 6.45) is -0.807. The predicted octanol–water partition coefficient (Wildman–Crippen LogP) is 1.98. The number of rotatable bonds is 2. The van der Waals surface area contributed by atoms with E-state index in [1.54, 1.807) is 6.92 Å². The number of hydrogen-bond acceptors (Lipinski definition) is 3. The monoisotopic (exact) mass is 304 g/mol. The number of carbonyl (C=O) groups excluding carboxylic acids is 2. The summed E-state index contributed by atoms with van der Waals surface area (Å²) in [5.41, 5.74) is 3.83. The van der Waals surface area contributed by atoms with Crippen LogP contribution in [-0.2, 0) is 4.74 Å². The van der Waals surface area contributed by atoms with E-state index in [1.807, 2.05) is 10.9 Å². The van der Waals surface area contributed by atoms with Gasteiger partial charge in [-0.05, 0) is 25.1 Å². The topological polar surface area (TPSA) is 67.4 Å². The molecule has 0 heterocycles. The molecule has 0 fully saturated rings. The maximum atomic E-state index is 13.3. The van der Waals surface area contributed by atoms with Crippen molar-refractivity contribution in [1.29, 1.82) is 0 Å². The molecule has 7 heteroatoms. The minimum Gasteiger partial charge on any atom is -0.449 e. The molecule has 0 aromatic heterocycles. The Morgan fingerprint density at radius 1 is 1.41 bits per heavy atom. The lowest BCUT2D eigenvalue weighted by atomic mass is 10.2. The fraction of sp³-hybridized carbons (Fsp3) is 0.200. The molecule has 0 saturated heterocycles. The van der Waals surface area contributed by atoms with Crippen molar-refractivity contribution in [3.63, 3.8) is 0 Å². The number of nitrogens with one attached hydrogen (secondary N) is 2. The van der Waals surface area contributed by atoms with Crippen molar-refractivity contribution < 1.29 is 18.7 Å². The Balaban J connectivity index is 2.61. The van der Waals surface area contributed by atoms with Crippen molar-refractivity contribution in [1.82, 2.24) is 10.9 Å². The van der Waals surface area contributed by atoms with Crippen LogP contribution in [0.5, 0.6) is 0 Å². The Bertz CT molecular complexity index is 440. The van der Waals surface area contributed by atoms with Gasteiger partial charge in [-0.1, -0.05) is 15.9 Å². The summed E-state index contributed by atoms with van der Waals surface area (Å²) in [7, 11) is 0. The van der Waals surface area contributed by atoms with Crippen LogP contribution in [0.15, 0.2) is 22.7 Å². The average molecular weight is 305 g/mol. The Labute approximate surface area is 105 Å². The van der Waals surface area contributed by atoms with Gasteiger partial charge in [-0.15, -0.1) is 0 Å². The van der Waals surface area contributed by atoms with Gasteiger partial charge in [0, 0.05) is 4.47 Å². The molecule has 1 aromatic carbocycles. The third-order valence-corrected chi connectivity index (χ3v) is 2.22. The summed E-state index contributed by atoms with van der Waals surface area (Å²) in [5, 5.41) is 0. The van der Waals surface area contributed by atoms with Crippen LogP contribution in [0.3, 0.4) is 0 Å². The van der Waals surface area contributed by atoms with E-state index in [9.17, 15) is 14.0 Å². The number of halogens is 2. The zero-order chi connectivity index (χ0) is 12.8. The highest BCUT2D eigenvalue weighted by Crippen LogP contribution is 2.14. The summed E-state index contributed by atoms with van der Waals surface area (Å²) < 4.78 is 18.4. The minimum absolute atomic E-state index is 0.175. The van der Waals surface area contributed by atoms with Crippen molar-refractivity contribution in [2.45, 2.75) is 6.92 Å². The molecule has 0 unspecified atom stereocenters. The average Bonchev–Trinajstić information content (AvgIpc) is 2.26. The van der Waals surface area contributed by atoms with Crippen LogP contribution < -0.4 is 10.9 Å². The summed E-state index contributed by atoms with van der Waals surface area (Å²) in [6, 6.07) is 3.96. The Morgan fingerprint density at radius 3 is 2.71 bits per heavy atom. The van der Waals surface area contributed by atoms with Crippen LogP contribution in [0.1, 0.15) is 17.3 Å². The SMILES string of the molecule is CCOC(=O)NNC(=O)c1ccc(Br)cc1F. The van der Waals surface area contributed by atoms with Crippen LogP contribution in [0.25, 0.3) is 0 Å². The number of carbonyl (C=O) groups is 2. The van der Waals surface area contributed by atoms with Gasteiger partial charge in [0.05, 0.1) is 12.2 Å². The molecule has 0 saturated carbocycles. The van der Waals surface area contributed by atoms with Gasteiger partial charge in [-0.25, -0.2) is 14.6 Å². The Hall–Kier alpha value is -1.63. The number of ether oxygens (including phenoxy) is 1. The summed E-state index contributed by atoms with van der Waals surface area (Å²) in [5.74, 6) is -1.45. The van der Waals surface area contributed by atoms with Crippen molar-refractivity contribution >= 4 is 27.9 Å². The van der Waals surface area contributed by atoms with Gasteiger partial charge in [-0.2, -0.15) is 0 Å². The second kappa shape index (κ2) is 6.19. The predicted molar refractivity (Wildman–Crippen MR) is 61.7 cm³/mol. The van der Waals surface area contributed by atoms with Gasteiger partial charge in [0.1, 0.15) is 5.82 Å². The molecule has 2 amide bonds. The number of hydrazine groups is 1. The molecule has 0 bridgehead atoms. The first-order chi connectivity index (χ1) is 8.04. The molecular weight excluding hydrogens is 295 g/mol. The number of amides is 2. The standard InChI is InChI=1S/C10H10BrFN2O3/c1-2-17-10(16)14-13-9(15)7-4-3-6(11)5-8(7)12/h3-5H,2H2,1H3,(H,13,15)(H,14,16). The Kier molecular flexibility index (Phi) is 4.89. The smallest absolute Gasteiger partial charge is 0.426 e. The van der Waals surface area contributed by atoms with E-state index in [0.717, 1.165) is 6.07 Å². The molecule has 0 aliphatic carbocycles. The van der Waals surface area contributed by atoms with Crippen molar-refractivity contribution in [2.75, 3.05) is 6.61 Å². The summed E-state index contributed by atoms with van der Waals surface area (Å²) in [4.78, 5) is 22.3. The fourth-order valence-electron chi connectivity index (χ4n) is 1.02. The normalized spacial score (nSPS) is 9.59. The van der Waals surface area contributed by atoms with Gasteiger partial charge in [0.2, 0.25) is 0 Å².